The second-order valence-electron chi connectivity index (χ2n) is 2.98. The Bertz CT molecular complexity index is 327. The largest absolute Gasteiger partial charge is 0.382 e. The maximum absolute atomic E-state index is 11.3. The van der Waals surface area contributed by atoms with Gasteiger partial charge in [0, 0.05) is 13.7 Å². The van der Waals surface area contributed by atoms with Crippen molar-refractivity contribution >= 4 is 5.91 Å². The van der Waals surface area contributed by atoms with Crippen LogP contribution in [0.1, 0.15) is 5.69 Å². The molecule has 16 heavy (non-hydrogen) atoms. The lowest BCUT2D eigenvalue weighted by atomic mass is 10.5. The normalized spacial score (nSPS) is 10.4. The number of hydroxylamine groups is 1. The van der Waals surface area contributed by atoms with Crippen molar-refractivity contribution in [2.24, 2.45) is 5.73 Å². The number of carbonyl (C=O) groups is 1. The maximum Gasteiger partial charge on any atom is 0.265 e. The molecule has 0 radical (unpaired) electrons. The van der Waals surface area contributed by atoms with Crippen LogP contribution in [0.2, 0.25) is 0 Å². The molecule has 0 aliphatic carbocycles. The summed E-state index contributed by atoms with van der Waals surface area (Å²) in [6.07, 6.45) is 1.61. The van der Waals surface area contributed by atoms with E-state index in [-0.39, 0.29) is 12.5 Å². The van der Waals surface area contributed by atoms with Crippen molar-refractivity contribution in [3.05, 3.63) is 11.9 Å². The highest BCUT2D eigenvalue weighted by atomic mass is 16.7. The van der Waals surface area contributed by atoms with Crippen molar-refractivity contribution in [2.75, 3.05) is 20.3 Å². The highest BCUT2D eigenvalue weighted by Crippen LogP contribution is 1.90. The van der Waals surface area contributed by atoms with Gasteiger partial charge in [-0.05, 0) is 0 Å². The first-order valence-electron chi connectivity index (χ1n) is 4.75. The summed E-state index contributed by atoms with van der Waals surface area (Å²) in [6.45, 7) is 1.06. The number of aromatic nitrogens is 3. The average Bonchev–Trinajstić information content (AvgIpc) is 2.72. The third-order valence-electron chi connectivity index (χ3n) is 1.68. The standard InChI is InChI=1S/C8H15N5O3/c1-15-2-3-16-11-8(14)6-13-5-7(4-9)10-12-13/h5H,2-4,6,9H2,1H3,(H,11,14). The molecule has 1 heterocycles. The average molecular weight is 229 g/mol. The molecule has 0 bridgehead atoms. The molecule has 1 aromatic heterocycles. The van der Waals surface area contributed by atoms with E-state index in [2.05, 4.69) is 15.8 Å². The van der Waals surface area contributed by atoms with Gasteiger partial charge in [-0.3, -0.25) is 9.63 Å². The smallest absolute Gasteiger partial charge is 0.265 e. The molecule has 0 saturated heterocycles. The molecule has 8 nitrogen and oxygen atoms in total. The van der Waals surface area contributed by atoms with E-state index in [0.717, 1.165) is 0 Å². The summed E-state index contributed by atoms with van der Waals surface area (Å²) in [5.74, 6) is -0.315. The van der Waals surface area contributed by atoms with E-state index in [4.69, 9.17) is 15.3 Å². The fourth-order valence-corrected chi connectivity index (χ4v) is 0.945. The second-order valence-corrected chi connectivity index (χ2v) is 2.98. The Hall–Kier alpha value is -1.51. The number of ether oxygens (including phenoxy) is 1. The Balaban J connectivity index is 2.23. The van der Waals surface area contributed by atoms with Crippen LogP contribution in [0.15, 0.2) is 6.20 Å². The van der Waals surface area contributed by atoms with E-state index in [0.29, 0.717) is 25.5 Å². The fourth-order valence-electron chi connectivity index (χ4n) is 0.945. The molecule has 0 aliphatic heterocycles. The highest BCUT2D eigenvalue weighted by Gasteiger charge is 2.04. The van der Waals surface area contributed by atoms with Gasteiger partial charge in [-0.2, -0.15) is 0 Å². The summed E-state index contributed by atoms with van der Waals surface area (Å²) in [6, 6.07) is 0. The quantitative estimate of drug-likeness (QED) is 0.432. The summed E-state index contributed by atoms with van der Waals surface area (Å²) >= 11 is 0. The molecule has 0 spiro atoms. The van der Waals surface area contributed by atoms with Crippen LogP contribution in [0, 0.1) is 0 Å². The Labute approximate surface area is 92.6 Å². The highest BCUT2D eigenvalue weighted by molar-refractivity contribution is 5.74. The summed E-state index contributed by atoms with van der Waals surface area (Å²) in [5.41, 5.74) is 8.24. The summed E-state index contributed by atoms with van der Waals surface area (Å²) < 4.78 is 6.13. The van der Waals surface area contributed by atoms with Crippen LogP contribution < -0.4 is 11.2 Å². The zero-order valence-corrected chi connectivity index (χ0v) is 9.05. The van der Waals surface area contributed by atoms with E-state index in [1.54, 1.807) is 13.3 Å². The molecular weight excluding hydrogens is 214 g/mol. The van der Waals surface area contributed by atoms with Crippen molar-refractivity contribution in [3.8, 4) is 0 Å². The molecule has 1 aromatic rings. The molecular formula is C8H15N5O3. The van der Waals surface area contributed by atoms with Crippen LogP contribution in [-0.2, 0) is 27.5 Å². The Morgan fingerprint density at radius 2 is 2.44 bits per heavy atom. The number of methoxy groups -OCH3 is 1. The summed E-state index contributed by atoms with van der Waals surface area (Å²) in [7, 11) is 1.55. The van der Waals surface area contributed by atoms with Gasteiger partial charge < -0.3 is 10.5 Å². The maximum atomic E-state index is 11.3. The lowest BCUT2D eigenvalue weighted by Gasteiger charge is -2.04. The zero-order chi connectivity index (χ0) is 11.8. The van der Waals surface area contributed by atoms with E-state index < -0.39 is 0 Å². The molecule has 90 valence electrons. The lowest BCUT2D eigenvalue weighted by molar-refractivity contribution is -0.135. The van der Waals surface area contributed by atoms with Crippen LogP contribution in [0.3, 0.4) is 0 Å². The van der Waals surface area contributed by atoms with Crippen molar-refractivity contribution in [3.63, 3.8) is 0 Å². The van der Waals surface area contributed by atoms with E-state index in [1.165, 1.54) is 4.68 Å². The van der Waals surface area contributed by atoms with Gasteiger partial charge in [0.05, 0.1) is 25.1 Å². The molecule has 3 N–H and O–H groups in total. The molecule has 1 amide bonds. The summed E-state index contributed by atoms with van der Waals surface area (Å²) in [5, 5.41) is 7.46. The van der Waals surface area contributed by atoms with Gasteiger partial charge in [-0.15, -0.1) is 5.10 Å². The first kappa shape index (κ1) is 12.6. The van der Waals surface area contributed by atoms with Crippen molar-refractivity contribution in [1.82, 2.24) is 20.5 Å². The van der Waals surface area contributed by atoms with Crippen LogP contribution >= 0.6 is 0 Å². The van der Waals surface area contributed by atoms with Gasteiger partial charge in [0.2, 0.25) is 0 Å². The summed E-state index contributed by atoms with van der Waals surface area (Å²) in [4.78, 5) is 16.1. The van der Waals surface area contributed by atoms with Crippen LogP contribution in [0.25, 0.3) is 0 Å². The van der Waals surface area contributed by atoms with Crippen molar-refractivity contribution in [1.29, 1.82) is 0 Å². The molecule has 1 rings (SSSR count). The molecule has 8 heteroatoms. The minimum absolute atomic E-state index is 0.0416. The zero-order valence-electron chi connectivity index (χ0n) is 9.05. The minimum Gasteiger partial charge on any atom is -0.382 e. The van der Waals surface area contributed by atoms with Gasteiger partial charge in [0.1, 0.15) is 6.54 Å². The van der Waals surface area contributed by atoms with Gasteiger partial charge in [0.15, 0.2) is 0 Å². The number of rotatable bonds is 7. The van der Waals surface area contributed by atoms with Gasteiger partial charge in [-0.1, -0.05) is 5.21 Å². The minimum atomic E-state index is -0.315. The third kappa shape index (κ3) is 4.34. The molecule has 0 aromatic carbocycles. The number of nitrogens with two attached hydrogens (primary N) is 1. The van der Waals surface area contributed by atoms with Crippen LogP contribution in [0.4, 0.5) is 0 Å². The monoisotopic (exact) mass is 229 g/mol. The number of amides is 1. The number of carbonyl (C=O) groups excluding carboxylic acids is 1. The first-order valence-corrected chi connectivity index (χ1v) is 4.75. The second kappa shape index (κ2) is 6.88. The number of nitrogens with one attached hydrogen (secondary N) is 1. The van der Waals surface area contributed by atoms with Gasteiger partial charge in [0.25, 0.3) is 5.91 Å². The predicted molar refractivity (Wildman–Crippen MR) is 53.9 cm³/mol. The topological polar surface area (TPSA) is 104 Å². The number of hydrogen-bond acceptors (Lipinski definition) is 6. The number of hydrogen-bond donors (Lipinski definition) is 2. The van der Waals surface area contributed by atoms with E-state index in [9.17, 15) is 4.79 Å². The lowest BCUT2D eigenvalue weighted by Crippen LogP contribution is -2.29. The Morgan fingerprint density at radius 3 is 3.06 bits per heavy atom. The third-order valence-corrected chi connectivity index (χ3v) is 1.68. The van der Waals surface area contributed by atoms with Crippen molar-refractivity contribution in [2.45, 2.75) is 13.1 Å². The molecule has 0 atom stereocenters. The van der Waals surface area contributed by atoms with Gasteiger partial charge >= 0.3 is 0 Å². The van der Waals surface area contributed by atoms with E-state index >= 15 is 0 Å². The predicted octanol–water partition coefficient (Wildman–Crippen LogP) is -1.57. The van der Waals surface area contributed by atoms with Gasteiger partial charge in [-0.25, -0.2) is 10.2 Å². The fraction of sp³-hybridized carbons (Fsp3) is 0.625. The SMILES string of the molecule is COCCONC(=O)Cn1cc(CN)nn1. The molecule has 0 unspecified atom stereocenters. The molecule has 0 aliphatic rings. The van der Waals surface area contributed by atoms with E-state index in [1.807, 2.05) is 0 Å². The number of nitrogens with zero attached hydrogens (tertiary/aromatic N) is 3. The first-order chi connectivity index (χ1) is 7.76. The molecule has 0 saturated carbocycles. The Kier molecular flexibility index (Phi) is 5.40. The molecule has 0 fully saturated rings. The van der Waals surface area contributed by atoms with Crippen LogP contribution in [-0.4, -0.2) is 41.2 Å². The van der Waals surface area contributed by atoms with Crippen LogP contribution in [0.5, 0.6) is 0 Å². The van der Waals surface area contributed by atoms with Crippen molar-refractivity contribution < 1.29 is 14.4 Å². The Morgan fingerprint density at radius 1 is 1.62 bits per heavy atom.